The molecule has 2 amide bonds. The van der Waals surface area contributed by atoms with Crippen molar-refractivity contribution in [1.82, 2.24) is 5.43 Å². The standard InChI is InChI=1S/C21H25N5O5/c1-2-16(23-24-21(29)15-25-12-6-3-7-13-25)14-17(27)10-11-20(28)22-18-8-4-5-9-19(18)26(30)31/h3-9,12-13,30H,2,10-11,14-15H2,1H3,(H,22,28)(H,24,29)/b23-16+. The van der Waals surface area contributed by atoms with E-state index < -0.39 is 5.91 Å². The number of Topliss-reactive ketones (excluding diaryl/α,β-unsaturated/α-hetero) is 1. The summed E-state index contributed by atoms with van der Waals surface area (Å²) < 4.78 is 1.70. The number of ketones is 1. The first-order valence-corrected chi connectivity index (χ1v) is 9.74. The number of carbonyl (C=O) groups excluding carboxylic acids is 3. The Labute approximate surface area is 179 Å². The van der Waals surface area contributed by atoms with Crippen LogP contribution in [-0.4, -0.2) is 28.5 Å². The van der Waals surface area contributed by atoms with Gasteiger partial charge in [-0.2, -0.15) is 9.67 Å². The monoisotopic (exact) mass is 427 g/mol. The highest BCUT2D eigenvalue weighted by atomic mass is 16.8. The van der Waals surface area contributed by atoms with E-state index in [1.165, 1.54) is 12.1 Å². The maximum Gasteiger partial charge on any atom is 0.305 e. The van der Waals surface area contributed by atoms with Crippen LogP contribution in [0.1, 0.15) is 32.6 Å². The maximum absolute atomic E-state index is 12.2. The summed E-state index contributed by atoms with van der Waals surface area (Å²) in [6, 6.07) is 11.4. The Kier molecular flexibility index (Phi) is 9.27. The molecule has 0 aliphatic heterocycles. The SMILES string of the molecule is CC/C(CC(=O)CCC(=O)Nc1ccccc1N([O-])O)=N\NC(=O)C[n+]1ccccc1. The number of nitrogens with one attached hydrogen (secondary N) is 2. The molecule has 164 valence electrons. The minimum atomic E-state index is -0.467. The molecule has 31 heavy (non-hydrogen) atoms. The van der Waals surface area contributed by atoms with Gasteiger partial charge in [-0.3, -0.25) is 19.6 Å². The number of para-hydroxylation sites is 2. The predicted molar refractivity (Wildman–Crippen MR) is 114 cm³/mol. The minimum Gasteiger partial charge on any atom is -0.733 e. The van der Waals surface area contributed by atoms with Crippen LogP contribution < -0.4 is 20.5 Å². The molecule has 0 saturated heterocycles. The molecule has 1 heterocycles. The molecule has 0 aliphatic rings. The Hall–Kier alpha value is -3.63. The van der Waals surface area contributed by atoms with Crippen molar-refractivity contribution in [3.05, 3.63) is 60.1 Å². The number of carbonyl (C=O) groups is 3. The molecule has 10 heteroatoms. The molecule has 0 fully saturated rings. The van der Waals surface area contributed by atoms with Crippen molar-refractivity contribution in [3.63, 3.8) is 0 Å². The summed E-state index contributed by atoms with van der Waals surface area (Å²) in [4.78, 5) is 36.2. The lowest BCUT2D eigenvalue weighted by Crippen LogP contribution is -2.41. The molecule has 0 bridgehead atoms. The highest BCUT2D eigenvalue weighted by Gasteiger charge is 2.13. The lowest BCUT2D eigenvalue weighted by molar-refractivity contribution is -0.684. The minimum absolute atomic E-state index is 0.0180. The lowest BCUT2D eigenvalue weighted by atomic mass is 10.1. The molecule has 0 saturated carbocycles. The maximum atomic E-state index is 12.2. The van der Waals surface area contributed by atoms with Gasteiger partial charge in [0.1, 0.15) is 5.78 Å². The van der Waals surface area contributed by atoms with Crippen LogP contribution in [-0.2, 0) is 20.9 Å². The van der Waals surface area contributed by atoms with Gasteiger partial charge in [-0.15, -0.1) is 0 Å². The van der Waals surface area contributed by atoms with Crippen LogP contribution in [0.15, 0.2) is 60.0 Å². The van der Waals surface area contributed by atoms with Crippen LogP contribution in [0.3, 0.4) is 0 Å². The van der Waals surface area contributed by atoms with E-state index >= 15 is 0 Å². The van der Waals surface area contributed by atoms with Crippen molar-refractivity contribution < 1.29 is 24.2 Å². The highest BCUT2D eigenvalue weighted by molar-refractivity contribution is 6.03. The van der Waals surface area contributed by atoms with Crippen LogP contribution in [0.5, 0.6) is 0 Å². The topological polar surface area (TPSA) is 138 Å². The molecule has 0 atom stereocenters. The molecule has 0 spiro atoms. The first-order chi connectivity index (χ1) is 14.9. The number of hydrogen-bond acceptors (Lipinski definition) is 7. The van der Waals surface area contributed by atoms with E-state index in [0.717, 1.165) is 0 Å². The van der Waals surface area contributed by atoms with E-state index in [1.807, 2.05) is 25.1 Å². The number of aromatic nitrogens is 1. The van der Waals surface area contributed by atoms with Gasteiger partial charge in [0.2, 0.25) is 12.5 Å². The van der Waals surface area contributed by atoms with Gasteiger partial charge in [0.05, 0.1) is 11.4 Å². The first kappa shape index (κ1) is 23.6. The van der Waals surface area contributed by atoms with Crippen molar-refractivity contribution in [2.45, 2.75) is 39.2 Å². The molecular weight excluding hydrogens is 402 g/mol. The smallest absolute Gasteiger partial charge is 0.305 e. The lowest BCUT2D eigenvalue weighted by Gasteiger charge is -2.24. The zero-order valence-corrected chi connectivity index (χ0v) is 17.2. The van der Waals surface area contributed by atoms with E-state index in [9.17, 15) is 19.6 Å². The summed E-state index contributed by atoms with van der Waals surface area (Å²) in [5.41, 5.74) is 2.99. The van der Waals surface area contributed by atoms with Crippen LogP contribution in [0.25, 0.3) is 0 Å². The second kappa shape index (κ2) is 12.2. The zero-order chi connectivity index (χ0) is 22.6. The quantitative estimate of drug-likeness (QED) is 0.285. The van der Waals surface area contributed by atoms with Gasteiger partial charge in [0.25, 0.3) is 0 Å². The second-order valence-corrected chi connectivity index (χ2v) is 6.67. The molecule has 2 aromatic rings. The van der Waals surface area contributed by atoms with Gasteiger partial charge in [0, 0.05) is 37.1 Å². The van der Waals surface area contributed by atoms with E-state index in [4.69, 9.17) is 5.21 Å². The van der Waals surface area contributed by atoms with Gasteiger partial charge in [-0.05, 0) is 18.6 Å². The van der Waals surface area contributed by atoms with E-state index in [-0.39, 0.29) is 54.1 Å². The van der Waals surface area contributed by atoms with Gasteiger partial charge in [-0.25, -0.2) is 5.43 Å². The number of nitrogens with zero attached hydrogens (tertiary/aromatic N) is 3. The summed E-state index contributed by atoms with van der Waals surface area (Å²) >= 11 is 0. The fourth-order valence-electron chi connectivity index (χ4n) is 2.65. The third-order valence-electron chi connectivity index (χ3n) is 4.27. The van der Waals surface area contributed by atoms with Crippen molar-refractivity contribution in [1.29, 1.82) is 0 Å². The molecule has 10 nitrogen and oxygen atoms in total. The Balaban J connectivity index is 1.80. The van der Waals surface area contributed by atoms with Gasteiger partial charge < -0.3 is 15.8 Å². The third kappa shape index (κ3) is 8.33. The number of hydrogen-bond donors (Lipinski definition) is 3. The van der Waals surface area contributed by atoms with Crippen molar-refractivity contribution in [2.24, 2.45) is 5.10 Å². The highest BCUT2D eigenvalue weighted by Crippen LogP contribution is 2.23. The fraction of sp³-hybridized carbons (Fsp3) is 0.286. The Morgan fingerprint density at radius 3 is 2.45 bits per heavy atom. The molecular formula is C21H25N5O5. The van der Waals surface area contributed by atoms with Gasteiger partial charge in [0.15, 0.2) is 12.4 Å². The predicted octanol–water partition coefficient (Wildman–Crippen LogP) is 1.93. The number of pyridine rings is 1. The molecule has 2 rings (SSSR count). The molecule has 1 aromatic heterocycles. The molecule has 3 N–H and O–H groups in total. The largest absolute Gasteiger partial charge is 0.733 e. The number of amides is 2. The van der Waals surface area contributed by atoms with Crippen LogP contribution >= 0.6 is 0 Å². The molecule has 0 radical (unpaired) electrons. The van der Waals surface area contributed by atoms with Gasteiger partial charge >= 0.3 is 5.91 Å². The number of benzene rings is 1. The summed E-state index contributed by atoms with van der Waals surface area (Å²) in [6.07, 6.45) is 3.88. The Bertz CT molecular complexity index is 931. The zero-order valence-electron chi connectivity index (χ0n) is 17.2. The average molecular weight is 427 g/mol. The Morgan fingerprint density at radius 2 is 1.77 bits per heavy atom. The van der Waals surface area contributed by atoms with Gasteiger partial charge in [-0.1, -0.05) is 25.1 Å². The third-order valence-corrected chi connectivity index (χ3v) is 4.27. The summed E-state index contributed by atoms with van der Waals surface area (Å²) in [5, 5.41) is 26.3. The van der Waals surface area contributed by atoms with E-state index in [0.29, 0.717) is 12.1 Å². The average Bonchev–Trinajstić information content (AvgIpc) is 2.76. The fourth-order valence-corrected chi connectivity index (χ4v) is 2.65. The molecule has 1 aromatic carbocycles. The van der Waals surface area contributed by atoms with Crippen molar-refractivity contribution in [3.8, 4) is 0 Å². The summed E-state index contributed by atoms with van der Waals surface area (Å²) in [6.45, 7) is 1.92. The molecule has 0 aliphatic carbocycles. The summed E-state index contributed by atoms with van der Waals surface area (Å²) in [5.74, 6) is -0.988. The molecule has 0 unspecified atom stereocenters. The van der Waals surface area contributed by atoms with Crippen LogP contribution in [0.4, 0.5) is 11.4 Å². The van der Waals surface area contributed by atoms with Crippen LogP contribution in [0.2, 0.25) is 0 Å². The summed E-state index contributed by atoms with van der Waals surface area (Å²) in [7, 11) is 0. The van der Waals surface area contributed by atoms with E-state index in [2.05, 4.69) is 15.8 Å². The van der Waals surface area contributed by atoms with E-state index in [1.54, 1.807) is 29.1 Å². The second-order valence-electron chi connectivity index (χ2n) is 6.67. The first-order valence-electron chi connectivity index (χ1n) is 9.74. The van der Waals surface area contributed by atoms with Crippen molar-refractivity contribution >= 4 is 34.7 Å². The number of anilines is 2. The number of hydrazone groups is 1. The Morgan fingerprint density at radius 1 is 1.06 bits per heavy atom. The normalized spacial score (nSPS) is 11.0. The van der Waals surface area contributed by atoms with Crippen molar-refractivity contribution in [2.75, 3.05) is 10.5 Å². The van der Waals surface area contributed by atoms with Crippen LogP contribution in [0, 0.1) is 5.21 Å². The number of rotatable bonds is 11.